The van der Waals surface area contributed by atoms with Crippen molar-refractivity contribution in [3.63, 3.8) is 0 Å². The number of aliphatic hydroxyl groups excluding tert-OH is 1. The highest BCUT2D eigenvalue weighted by molar-refractivity contribution is 9.10. The third kappa shape index (κ3) is 3.98. The van der Waals surface area contributed by atoms with E-state index < -0.39 is 29.8 Å². The summed E-state index contributed by atoms with van der Waals surface area (Å²) >= 11 is 2.93. The van der Waals surface area contributed by atoms with Crippen molar-refractivity contribution in [2.75, 3.05) is 0 Å². The van der Waals surface area contributed by atoms with Crippen LogP contribution in [0.15, 0.2) is 22.7 Å². The number of carbonyl (C=O) groups excluding carboxylic acids is 2. The molecular formula is C11H12BrFN2O4. The molecule has 0 aliphatic heterocycles. The zero-order chi connectivity index (χ0) is 14.6. The summed E-state index contributed by atoms with van der Waals surface area (Å²) in [5.74, 6) is -2.17. The van der Waals surface area contributed by atoms with Crippen molar-refractivity contribution in [3.05, 3.63) is 34.1 Å². The van der Waals surface area contributed by atoms with Crippen LogP contribution in [0.25, 0.3) is 0 Å². The topological polar surface area (TPSA) is 98.7 Å². The number of nitrogens with one attached hydrogen (secondary N) is 2. The van der Waals surface area contributed by atoms with E-state index in [9.17, 15) is 19.1 Å². The number of hydroxylamine groups is 1. The molecule has 1 aromatic carbocycles. The fourth-order valence-electron chi connectivity index (χ4n) is 1.34. The minimum atomic E-state index is -1.32. The minimum absolute atomic E-state index is 0.0976. The molecule has 0 aromatic heterocycles. The molecule has 4 N–H and O–H groups in total. The molecule has 0 aliphatic rings. The Hall–Kier alpha value is -1.51. The van der Waals surface area contributed by atoms with Gasteiger partial charge in [-0.25, -0.2) is 9.87 Å². The molecule has 0 aliphatic carbocycles. The van der Waals surface area contributed by atoms with E-state index in [0.717, 1.165) is 6.07 Å². The van der Waals surface area contributed by atoms with E-state index in [-0.39, 0.29) is 10.0 Å². The van der Waals surface area contributed by atoms with E-state index in [1.165, 1.54) is 24.5 Å². The summed E-state index contributed by atoms with van der Waals surface area (Å²) in [5.41, 5.74) is 1.44. The summed E-state index contributed by atoms with van der Waals surface area (Å²) in [6.45, 7) is 1.28. The van der Waals surface area contributed by atoms with Gasteiger partial charge in [0.1, 0.15) is 11.9 Å². The van der Waals surface area contributed by atoms with Crippen LogP contribution in [0.3, 0.4) is 0 Å². The zero-order valence-corrected chi connectivity index (χ0v) is 11.4. The van der Waals surface area contributed by atoms with Crippen LogP contribution in [0.4, 0.5) is 4.39 Å². The van der Waals surface area contributed by atoms with Crippen LogP contribution in [-0.4, -0.2) is 34.3 Å². The van der Waals surface area contributed by atoms with E-state index in [1.807, 2.05) is 0 Å². The molecule has 0 radical (unpaired) electrons. The summed E-state index contributed by atoms with van der Waals surface area (Å²) in [6.07, 6.45) is -1.21. The number of halogens is 2. The van der Waals surface area contributed by atoms with Crippen LogP contribution in [0, 0.1) is 5.82 Å². The van der Waals surface area contributed by atoms with Gasteiger partial charge in [-0.15, -0.1) is 0 Å². The Bertz CT molecular complexity index is 496. The third-order valence-electron chi connectivity index (χ3n) is 2.34. The first-order chi connectivity index (χ1) is 8.86. The molecule has 1 aromatic rings. The van der Waals surface area contributed by atoms with Gasteiger partial charge in [-0.05, 0) is 41.1 Å². The predicted octanol–water partition coefficient (Wildman–Crippen LogP) is 0.573. The largest absolute Gasteiger partial charge is 0.391 e. The maximum absolute atomic E-state index is 13.0. The van der Waals surface area contributed by atoms with Gasteiger partial charge in [-0.3, -0.25) is 14.8 Å². The van der Waals surface area contributed by atoms with Crippen LogP contribution in [0.1, 0.15) is 17.3 Å². The number of benzene rings is 1. The van der Waals surface area contributed by atoms with Crippen LogP contribution in [-0.2, 0) is 4.79 Å². The monoisotopic (exact) mass is 334 g/mol. The molecule has 2 atom stereocenters. The molecule has 0 saturated heterocycles. The first-order valence-corrected chi connectivity index (χ1v) is 6.04. The van der Waals surface area contributed by atoms with Gasteiger partial charge >= 0.3 is 0 Å². The summed E-state index contributed by atoms with van der Waals surface area (Å²) in [4.78, 5) is 23.1. The Balaban J connectivity index is 2.87. The van der Waals surface area contributed by atoms with E-state index in [0.29, 0.717) is 0 Å². The lowest BCUT2D eigenvalue weighted by atomic mass is 10.1. The number of carbonyl (C=O) groups is 2. The highest BCUT2D eigenvalue weighted by Gasteiger charge is 2.25. The third-order valence-corrected chi connectivity index (χ3v) is 2.95. The van der Waals surface area contributed by atoms with Gasteiger partial charge in [-0.2, -0.15) is 0 Å². The average molecular weight is 335 g/mol. The Labute approximate surface area is 116 Å². The smallest absolute Gasteiger partial charge is 0.268 e. The number of hydrogen-bond acceptors (Lipinski definition) is 4. The summed E-state index contributed by atoms with van der Waals surface area (Å²) in [6, 6.07) is 2.23. The molecule has 0 heterocycles. The first-order valence-electron chi connectivity index (χ1n) is 5.24. The summed E-state index contributed by atoms with van der Waals surface area (Å²) in [5, 5.41) is 20.1. The van der Waals surface area contributed by atoms with Crippen LogP contribution >= 0.6 is 15.9 Å². The standard InChI is InChI=1S/C11H12BrFN2O4/c1-5(16)9(11(18)15-19)14-10(17)6-2-3-8(13)7(12)4-6/h2-5,9,16,19H,1H3,(H,14,17)(H,15,18)/t5-,9+/m1/s1. The molecule has 1 rings (SSSR count). The molecule has 19 heavy (non-hydrogen) atoms. The maximum Gasteiger partial charge on any atom is 0.268 e. The second-order valence-corrected chi connectivity index (χ2v) is 4.65. The second-order valence-electron chi connectivity index (χ2n) is 3.80. The van der Waals surface area contributed by atoms with Gasteiger partial charge < -0.3 is 10.4 Å². The van der Waals surface area contributed by atoms with Crippen LogP contribution < -0.4 is 10.8 Å². The highest BCUT2D eigenvalue weighted by atomic mass is 79.9. The molecule has 0 bridgehead atoms. The maximum atomic E-state index is 13.0. The molecule has 0 unspecified atom stereocenters. The van der Waals surface area contributed by atoms with E-state index in [1.54, 1.807) is 0 Å². The lowest BCUT2D eigenvalue weighted by Gasteiger charge is -2.19. The van der Waals surface area contributed by atoms with Crippen LogP contribution in [0.2, 0.25) is 0 Å². The Morgan fingerprint density at radius 1 is 1.42 bits per heavy atom. The van der Waals surface area contributed by atoms with Crippen molar-refractivity contribution in [3.8, 4) is 0 Å². The minimum Gasteiger partial charge on any atom is -0.391 e. The normalized spacial score (nSPS) is 13.5. The van der Waals surface area contributed by atoms with Crippen molar-refractivity contribution in [2.45, 2.75) is 19.1 Å². The lowest BCUT2D eigenvalue weighted by molar-refractivity contribution is -0.133. The summed E-state index contributed by atoms with van der Waals surface area (Å²) < 4.78 is 13.1. The van der Waals surface area contributed by atoms with Crippen molar-refractivity contribution >= 4 is 27.7 Å². The van der Waals surface area contributed by atoms with E-state index in [4.69, 9.17) is 5.21 Å². The number of rotatable bonds is 4. The fourth-order valence-corrected chi connectivity index (χ4v) is 1.72. The van der Waals surface area contributed by atoms with Gasteiger partial charge in [0.25, 0.3) is 11.8 Å². The molecule has 104 valence electrons. The molecule has 0 spiro atoms. The zero-order valence-electron chi connectivity index (χ0n) is 9.85. The molecule has 8 heteroatoms. The van der Waals surface area contributed by atoms with Gasteiger partial charge in [0, 0.05) is 5.56 Å². The van der Waals surface area contributed by atoms with Crippen molar-refractivity contribution in [1.82, 2.24) is 10.8 Å². The number of amides is 2. The SMILES string of the molecule is C[C@@H](O)[C@H](NC(=O)c1ccc(F)c(Br)c1)C(=O)NO. The van der Waals surface area contributed by atoms with Gasteiger partial charge in [0.2, 0.25) is 0 Å². The molecule has 2 amide bonds. The van der Waals surface area contributed by atoms with E-state index in [2.05, 4.69) is 21.2 Å². The Morgan fingerprint density at radius 2 is 2.05 bits per heavy atom. The Kier molecular flexibility index (Phi) is 5.40. The fraction of sp³-hybridized carbons (Fsp3) is 0.273. The molecular weight excluding hydrogens is 323 g/mol. The molecule has 6 nitrogen and oxygen atoms in total. The predicted molar refractivity (Wildman–Crippen MR) is 67.0 cm³/mol. The Morgan fingerprint density at radius 3 is 2.53 bits per heavy atom. The highest BCUT2D eigenvalue weighted by Crippen LogP contribution is 2.16. The number of aliphatic hydroxyl groups is 1. The van der Waals surface area contributed by atoms with Crippen molar-refractivity contribution in [1.29, 1.82) is 0 Å². The van der Waals surface area contributed by atoms with Gasteiger partial charge in [0.05, 0.1) is 10.6 Å². The van der Waals surface area contributed by atoms with E-state index >= 15 is 0 Å². The lowest BCUT2D eigenvalue weighted by Crippen LogP contribution is -2.51. The summed E-state index contributed by atoms with van der Waals surface area (Å²) in [7, 11) is 0. The quantitative estimate of drug-likeness (QED) is 0.478. The second kappa shape index (κ2) is 6.60. The van der Waals surface area contributed by atoms with Crippen LogP contribution in [0.5, 0.6) is 0 Å². The van der Waals surface area contributed by atoms with Crippen molar-refractivity contribution in [2.24, 2.45) is 0 Å². The molecule has 0 saturated carbocycles. The number of hydrogen-bond donors (Lipinski definition) is 4. The average Bonchev–Trinajstić information content (AvgIpc) is 2.37. The van der Waals surface area contributed by atoms with Gasteiger partial charge in [0.15, 0.2) is 0 Å². The first kappa shape index (κ1) is 15.5. The molecule has 0 fully saturated rings. The van der Waals surface area contributed by atoms with Gasteiger partial charge in [-0.1, -0.05) is 0 Å². The van der Waals surface area contributed by atoms with Crippen molar-refractivity contribution < 1.29 is 24.3 Å².